The second kappa shape index (κ2) is 4.72. The molecule has 3 nitrogen and oxygen atoms in total. The Morgan fingerprint density at radius 1 is 1.67 bits per heavy atom. The van der Waals surface area contributed by atoms with Crippen molar-refractivity contribution in [3.8, 4) is 0 Å². The third kappa shape index (κ3) is 3.03. The molecule has 0 aliphatic carbocycles. The first kappa shape index (κ1) is 9.86. The summed E-state index contributed by atoms with van der Waals surface area (Å²) in [6.45, 7) is 0.914. The molecule has 0 atom stereocenters. The van der Waals surface area contributed by atoms with E-state index in [-0.39, 0.29) is 0 Å². The van der Waals surface area contributed by atoms with E-state index in [1.807, 2.05) is 11.8 Å². The van der Waals surface area contributed by atoms with Gasteiger partial charge in [0.05, 0.1) is 0 Å². The number of carboxylic acid groups (broad SMARTS) is 1. The van der Waals surface area contributed by atoms with E-state index in [1.165, 1.54) is 11.5 Å². The van der Waals surface area contributed by atoms with Gasteiger partial charge in [0.1, 0.15) is 0 Å². The van der Waals surface area contributed by atoms with Gasteiger partial charge in [0.25, 0.3) is 0 Å². The summed E-state index contributed by atoms with van der Waals surface area (Å²) in [6, 6.07) is 0.698. The van der Waals surface area contributed by atoms with Gasteiger partial charge >= 0.3 is 5.97 Å². The minimum atomic E-state index is -0.689. The van der Waals surface area contributed by atoms with Crippen molar-refractivity contribution in [2.75, 3.05) is 25.1 Å². The molecule has 0 aromatic heterocycles. The van der Waals surface area contributed by atoms with Gasteiger partial charge in [-0.05, 0) is 20.0 Å². The second-order valence-electron chi connectivity index (χ2n) is 3.17. The minimum Gasteiger partial charge on any atom is -0.481 e. The van der Waals surface area contributed by atoms with Crippen molar-refractivity contribution in [1.29, 1.82) is 0 Å². The molecule has 0 aromatic carbocycles. The zero-order valence-electron chi connectivity index (χ0n) is 7.32. The minimum absolute atomic E-state index is 0.296. The molecular formula is C8H15NO2S. The number of rotatable bonds is 5. The summed E-state index contributed by atoms with van der Waals surface area (Å²) in [5, 5.41) is 8.41. The molecule has 0 bridgehead atoms. The van der Waals surface area contributed by atoms with E-state index in [1.54, 1.807) is 0 Å². The molecular weight excluding hydrogens is 174 g/mol. The van der Waals surface area contributed by atoms with E-state index in [4.69, 9.17) is 5.11 Å². The van der Waals surface area contributed by atoms with Crippen LogP contribution in [-0.2, 0) is 4.79 Å². The van der Waals surface area contributed by atoms with Gasteiger partial charge in [0.15, 0.2) is 0 Å². The monoisotopic (exact) mass is 189 g/mol. The Labute approximate surface area is 77.1 Å². The largest absolute Gasteiger partial charge is 0.481 e. The maximum Gasteiger partial charge on any atom is 0.303 e. The van der Waals surface area contributed by atoms with Crippen molar-refractivity contribution in [2.24, 2.45) is 0 Å². The van der Waals surface area contributed by atoms with Crippen LogP contribution in [0.25, 0.3) is 0 Å². The maximum absolute atomic E-state index is 10.2. The third-order valence-corrected chi connectivity index (χ3v) is 3.39. The topological polar surface area (TPSA) is 40.5 Å². The van der Waals surface area contributed by atoms with Crippen LogP contribution in [-0.4, -0.2) is 47.1 Å². The van der Waals surface area contributed by atoms with Crippen LogP contribution in [0.2, 0.25) is 0 Å². The van der Waals surface area contributed by atoms with Gasteiger partial charge in [0, 0.05) is 24.0 Å². The summed E-state index contributed by atoms with van der Waals surface area (Å²) in [5.74, 6) is 1.74. The van der Waals surface area contributed by atoms with Crippen molar-refractivity contribution in [2.45, 2.75) is 18.9 Å². The molecule has 1 fully saturated rings. The molecule has 0 aromatic rings. The molecule has 1 aliphatic rings. The highest BCUT2D eigenvalue weighted by molar-refractivity contribution is 8.00. The molecule has 1 saturated heterocycles. The van der Waals surface area contributed by atoms with Gasteiger partial charge in [0.2, 0.25) is 0 Å². The lowest BCUT2D eigenvalue weighted by molar-refractivity contribution is -0.137. The number of aliphatic carboxylic acids is 1. The Kier molecular flexibility index (Phi) is 3.88. The first-order valence-electron chi connectivity index (χ1n) is 4.20. The van der Waals surface area contributed by atoms with Crippen LogP contribution in [0.4, 0.5) is 0 Å². The van der Waals surface area contributed by atoms with Crippen molar-refractivity contribution in [3.05, 3.63) is 0 Å². The van der Waals surface area contributed by atoms with Gasteiger partial charge in [-0.3, -0.25) is 4.79 Å². The van der Waals surface area contributed by atoms with Crippen molar-refractivity contribution in [3.63, 3.8) is 0 Å². The number of carbonyl (C=O) groups is 1. The van der Waals surface area contributed by atoms with Crippen LogP contribution in [0.3, 0.4) is 0 Å². The fourth-order valence-electron chi connectivity index (χ4n) is 1.14. The normalized spacial score (nSPS) is 17.8. The number of hydrogen-bond acceptors (Lipinski definition) is 3. The second-order valence-corrected chi connectivity index (χ2v) is 4.24. The fourth-order valence-corrected chi connectivity index (χ4v) is 2.10. The Morgan fingerprint density at radius 2 is 2.33 bits per heavy atom. The highest BCUT2D eigenvalue weighted by Crippen LogP contribution is 2.22. The van der Waals surface area contributed by atoms with Gasteiger partial charge in [-0.1, -0.05) is 0 Å². The average molecular weight is 189 g/mol. The molecule has 1 aliphatic heterocycles. The Bertz CT molecular complexity index is 159. The van der Waals surface area contributed by atoms with E-state index >= 15 is 0 Å². The Hall–Kier alpha value is -0.220. The zero-order chi connectivity index (χ0) is 8.97. The Morgan fingerprint density at radius 3 is 2.75 bits per heavy atom. The predicted molar refractivity (Wildman–Crippen MR) is 50.6 cm³/mol. The zero-order valence-corrected chi connectivity index (χ0v) is 8.14. The highest BCUT2D eigenvalue weighted by Gasteiger charge is 2.21. The predicted octanol–water partition coefficient (Wildman–Crippen LogP) is 0.898. The molecule has 0 spiro atoms. The van der Waals surface area contributed by atoms with Crippen molar-refractivity contribution in [1.82, 2.24) is 4.90 Å². The highest BCUT2D eigenvalue weighted by atomic mass is 32.2. The van der Waals surface area contributed by atoms with E-state index in [2.05, 4.69) is 11.9 Å². The van der Waals surface area contributed by atoms with E-state index in [0.29, 0.717) is 12.5 Å². The first-order chi connectivity index (χ1) is 5.70. The molecule has 4 heteroatoms. The summed E-state index contributed by atoms with van der Waals surface area (Å²) in [7, 11) is 2.08. The van der Waals surface area contributed by atoms with Gasteiger partial charge in [-0.25, -0.2) is 0 Å². The Balaban J connectivity index is 2.01. The summed E-state index contributed by atoms with van der Waals surface area (Å²) in [6.07, 6.45) is 1.07. The average Bonchev–Trinajstić information content (AvgIpc) is 1.81. The molecule has 0 unspecified atom stereocenters. The standard InChI is InChI=1S/C8H15NO2S/c1-9(7-5-12-6-7)4-2-3-8(10)11/h7H,2-6H2,1H3,(H,10,11). The van der Waals surface area contributed by atoms with Gasteiger partial charge in [-0.2, -0.15) is 11.8 Å². The maximum atomic E-state index is 10.2. The van der Waals surface area contributed by atoms with E-state index in [0.717, 1.165) is 13.0 Å². The van der Waals surface area contributed by atoms with Crippen LogP contribution in [0.5, 0.6) is 0 Å². The first-order valence-corrected chi connectivity index (χ1v) is 5.35. The molecule has 70 valence electrons. The molecule has 12 heavy (non-hydrogen) atoms. The van der Waals surface area contributed by atoms with Crippen molar-refractivity contribution >= 4 is 17.7 Å². The van der Waals surface area contributed by atoms with Gasteiger partial charge < -0.3 is 10.0 Å². The smallest absolute Gasteiger partial charge is 0.303 e. The summed E-state index contributed by atoms with van der Waals surface area (Å²) >= 11 is 1.96. The summed E-state index contributed by atoms with van der Waals surface area (Å²) < 4.78 is 0. The van der Waals surface area contributed by atoms with Crippen LogP contribution in [0.15, 0.2) is 0 Å². The number of hydrogen-bond donors (Lipinski definition) is 1. The van der Waals surface area contributed by atoms with Crippen LogP contribution < -0.4 is 0 Å². The summed E-state index contributed by atoms with van der Waals surface area (Å²) in [4.78, 5) is 12.5. The van der Waals surface area contributed by atoms with Gasteiger partial charge in [-0.15, -0.1) is 0 Å². The number of thioether (sulfide) groups is 1. The molecule has 0 amide bonds. The summed E-state index contributed by atoms with van der Waals surface area (Å²) in [5.41, 5.74) is 0. The molecule has 0 radical (unpaired) electrons. The SMILES string of the molecule is CN(CCCC(=O)O)C1CSC1. The van der Waals surface area contributed by atoms with E-state index < -0.39 is 5.97 Å². The number of nitrogens with zero attached hydrogens (tertiary/aromatic N) is 1. The number of carboxylic acids is 1. The quantitative estimate of drug-likeness (QED) is 0.697. The van der Waals surface area contributed by atoms with Crippen molar-refractivity contribution < 1.29 is 9.90 Å². The molecule has 1 heterocycles. The van der Waals surface area contributed by atoms with Crippen LogP contribution in [0.1, 0.15) is 12.8 Å². The van der Waals surface area contributed by atoms with Crippen LogP contribution in [0, 0.1) is 0 Å². The fraction of sp³-hybridized carbons (Fsp3) is 0.875. The lowest BCUT2D eigenvalue weighted by Gasteiger charge is -2.34. The van der Waals surface area contributed by atoms with E-state index in [9.17, 15) is 4.79 Å². The molecule has 1 N–H and O–H groups in total. The lowest BCUT2D eigenvalue weighted by atomic mass is 10.2. The van der Waals surface area contributed by atoms with Crippen LogP contribution >= 0.6 is 11.8 Å². The third-order valence-electron chi connectivity index (χ3n) is 2.15. The molecule has 1 rings (SSSR count). The molecule has 0 saturated carbocycles. The lowest BCUT2D eigenvalue weighted by Crippen LogP contribution is -2.42.